The predicted molar refractivity (Wildman–Crippen MR) is 77.8 cm³/mol. The molecule has 0 fully saturated rings. The Bertz CT molecular complexity index is 349. The second kappa shape index (κ2) is 9.56. The van der Waals surface area contributed by atoms with E-state index in [9.17, 15) is 4.79 Å². The summed E-state index contributed by atoms with van der Waals surface area (Å²) in [6, 6.07) is 10.4. The maximum Gasteiger partial charge on any atom is 0.308 e. The third-order valence-corrected chi connectivity index (χ3v) is 2.89. The molecule has 0 bridgehead atoms. The van der Waals surface area contributed by atoms with Gasteiger partial charge >= 0.3 is 5.97 Å². The Morgan fingerprint density at radius 2 is 1.89 bits per heavy atom. The zero-order valence-electron chi connectivity index (χ0n) is 12.0. The first-order valence-electron chi connectivity index (χ1n) is 7.11. The minimum absolute atomic E-state index is 0.0208. The molecule has 0 aromatic heterocycles. The van der Waals surface area contributed by atoms with E-state index in [4.69, 9.17) is 4.74 Å². The van der Waals surface area contributed by atoms with E-state index in [-0.39, 0.29) is 11.9 Å². The molecule has 0 amide bonds. The normalized spacial score (nSPS) is 10.7. The SMILES string of the molecule is CC(C)C(=O)OCCCCCNCc1ccccc1. The first kappa shape index (κ1) is 15.7. The van der Waals surface area contributed by atoms with Crippen LogP contribution in [0.3, 0.4) is 0 Å². The van der Waals surface area contributed by atoms with Gasteiger partial charge in [0.25, 0.3) is 0 Å². The summed E-state index contributed by atoms with van der Waals surface area (Å²) in [7, 11) is 0. The van der Waals surface area contributed by atoms with Crippen LogP contribution in [0.1, 0.15) is 38.7 Å². The molecule has 0 spiro atoms. The van der Waals surface area contributed by atoms with Crippen LogP contribution >= 0.6 is 0 Å². The lowest BCUT2D eigenvalue weighted by molar-refractivity contribution is -0.147. The van der Waals surface area contributed by atoms with Crippen molar-refractivity contribution in [1.29, 1.82) is 0 Å². The fourth-order valence-corrected chi connectivity index (χ4v) is 1.70. The number of carbonyl (C=O) groups is 1. The molecule has 0 atom stereocenters. The van der Waals surface area contributed by atoms with Crippen LogP contribution in [-0.4, -0.2) is 19.1 Å². The largest absolute Gasteiger partial charge is 0.465 e. The van der Waals surface area contributed by atoms with Crippen molar-refractivity contribution >= 4 is 5.97 Å². The lowest BCUT2D eigenvalue weighted by Gasteiger charge is -2.07. The molecule has 19 heavy (non-hydrogen) atoms. The molecular formula is C16H25NO2. The van der Waals surface area contributed by atoms with Crippen LogP contribution in [0.4, 0.5) is 0 Å². The van der Waals surface area contributed by atoms with Crippen LogP contribution in [0.5, 0.6) is 0 Å². The average molecular weight is 263 g/mol. The topological polar surface area (TPSA) is 38.3 Å². The summed E-state index contributed by atoms with van der Waals surface area (Å²) in [5, 5.41) is 3.41. The van der Waals surface area contributed by atoms with Crippen molar-refractivity contribution in [3.05, 3.63) is 35.9 Å². The maximum atomic E-state index is 11.2. The average Bonchev–Trinajstić information content (AvgIpc) is 2.42. The van der Waals surface area contributed by atoms with Gasteiger partial charge in [-0.15, -0.1) is 0 Å². The Labute approximate surface area is 116 Å². The van der Waals surface area contributed by atoms with Gasteiger partial charge in [0.2, 0.25) is 0 Å². The Morgan fingerprint density at radius 1 is 1.16 bits per heavy atom. The third kappa shape index (κ3) is 7.62. The quantitative estimate of drug-likeness (QED) is 0.549. The first-order chi connectivity index (χ1) is 9.20. The van der Waals surface area contributed by atoms with Crippen molar-refractivity contribution < 1.29 is 9.53 Å². The number of nitrogens with one attached hydrogen (secondary N) is 1. The van der Waals surface area contributed by atoms with E-state index >= 15 is 0 Å². The minimum Gasteiger partial charge on any atom is -0.465 e. The van der Waals surface area contributed by atoms with Gasteiger partial charge in [0, 0.05) is 6.54 Å². The van der Waals surface area contributed by atoms with Crippen LogP contribution in [0.2, 0.25) is 0 Å². The van der Waals surface area contributed by atoms with Gasteiger partial charge in [-0.1, -0.05) is 44.2 Å². The van der Waals surface area contributed by atoms with Crippen LogP contribution < -0.4 is 5.32 Å². The van der Waals surface area contributed by atoms with Crippen molar-refractivity contribution in [2.45, 2.75) is 39.7 Å². The Morgan fingerprint density at radius 3 is 2.58 bits per heavy atom. The summed E-state index contributed by atoms with van der Waals surface area (Å²) >= 11 is 0. The van der Waals surface area contributed by atoms with Crippen molar-refractivity contribution in [3.8, 4) is 0 Å². The molecule has 0 unspecified atom stereocenters. The lowest BCUT2D eigenvalue weighted by atomic mass is 10.2. The molecule has 1 N–H and O–H groups in total. The number of unbranched alkanes of at least 4 members (excludes halogenated alkanes) is 2. The van der Waals surface area contributed by atoms with Gasteiger partial charge in [-0.2, -0.15) is 0 Å². The number of hydrogen-bond acceptors (Lipinski definition) is 3. The highest BCUT2D eigenvalue weighted by molar-refractivity contribution is 5.71. The number of rotatable bonds is 9. The van der Waals surface area contributed by atoms with Gasteiger partial charge in [-0.25, -0.2) is 0 Å². The van der Waals surface area contributed by atoms with E-state index in [0.717, 1.165) is 32.4 Å². The smallest absolute Gasteiger partial charge is 0.308 e. The van der Waals surface area contributed by atoms with Crippen LogP contribution in [0.25, 0.3) is 0 Å². The zero-order chi connectivity index (χ0) is 13.9. The van der Waals surface area contributed by atoms with Crippen molar-refractivity contribution in [2.75, 3.05) is 13.2 Å². The summed E-state index contributed by atoms with van der Waals surface area (Å²) in [5.74, 6) is -0.116. The summed E-state index contributed by atoms with van der Waals surface area (Å²) in [5.41, 5.74) is 1.31. The summed E-state index contributed by atoms with van der Waals surface area (Å²) in [6.07, 6.45) is 3.16. The molecule has 0 radical (unpaired) electrons. The molecular weight excluding hydrogens is 238 g/mol. The number of hydrogen-bond donors (Lipinski definition) is 1. The first-order valence-corrected chi connectivity index (χ1v) is 7.11. The Balaban J connectivity index is 1.90. The van der Waals surface area contributed by atoms with E-state index in [1.165, 1.54) is 5.56 Å². The molecule has 106 valence electrons. The molecule has 1 aromatic rings. The molecule has 3 nitrogen and oxygen atoms in total. The fraction of sp³-hybridized carbons (Fsp3) is 0.562. The van der Waals surface area contributed by atoms with Gasteiger partial charge < -0.3 is 10.1 Å². The second-order valence-electron chi connectivity index (χ2n) is 5.05. The van der Waals surface area contributed by atoms with Crippen molar-refractivity contribution in [1.82, 2.24) is 5.32 Å². The monoisotopic (exact) mass is 263 g/mol. The van der Waals surface area contributed by atoms with Gasteiger partial charge in [-0.3, -0.25) is 4.79 Å². The van der Waals surface area contributed by atoms with E-state index in [1.807, 2.05) is 19.9 Å². The van der Waals surface area contributed by atoms with Gasteiger partial charge in [0.1, 0.15) is 0 Å². The zero-order valence-corrected chi connectivity index (χ0v) is 12.0. The van der Waals surface area contributed by atoms with E-state index < -0.39 is 0 Å². The minimum atomic E-state index is -0.0952. The van der Waals surface area contributed by atoms with Crippen LogP contribution in [0.15, 0.2) is 30.3 Å². The Hall–Kier alpha value is -1.35. The molecule has 0 saturated carbocycles. The lowest BCUT2D eigenvalue weighted by Crippen LogP contribution is -2.15. The maximum absolute atomic E-state index is 11.2. The molecule has 0 heterocycles. The predicted octanol–water partition coefficient (Wildman–Crippen LogP) is 3.15. The van der Waals surface area contributed by atoms with E-state index in [1.54, 1.807) is 0 Å². The van der Waals surface area contributed by atoms with Crippen LogP contribution in [-0.2, 0) is 16.1 Å². The highest BCUT2D eigenvalue weighted by Gasteiger charge is 2.06. The molecule has 0 aliphatic carbocycles. The van der Waals surface area contributed by atoms with Crippen molar-refractivity contribution in [2.24, 2.45) is 5.92 Å². The van der Waals surface area contributed by atoms with E-state index in [0.29, 0.717) is 6.61 Å². The molecule has 0 aliphatic heterocycles. The molecule has 1 aromatic carbocycles. The molecule has 0 saturated heterocycles. The standard InChI is InChI=1S/C16H25NO2/c1-14(2)16(18)19-12-8-4-7-11-17-13-15-9-5-3-6-10-15/h3,5-6,9-10,14,17H,4,7-8,11-13H2,1-2H3. The molecule has 0 aliphatic rings. The number of ether oxygens (including phenoxy) is 1. The van der Waals surface area contributed by atoms with E-state index in [2.05, 4.69) is 29.6 Å². The number of carbonyl (C=O) groups excluding carboxylic acids is 1. The summed E-state index contributed by atoms with van der Waals surface area (Å²) in [6.45, 7) is 6.19. The summed E-state index contributed by atoms with van der Waals surface area (Å²) < 4.78 is 5.12. The highest BCUT2D eigenvalue weighted by atomic mass is 16.5. The molecule has 1 rings (SSSR count). The van der Waals surface area contributed by atoms with Crippen molar-refractivity contribution in [3.63, 3.8) is 0 Å². The third-order valence-electron chi connectivity index (χ3n) is 2.89. The second-order valence-corrected chi connectivity index (χ2v) is 5.05. The fourth-order valence-electron chi connectivity index (χ4n) is 1.70. The van der Waals surface area contributed by atoms with Crippen LogP contribution in [0, 0.1) is 5.92 Å². The number of benzene rings is 1. The molecule has 3 heteroatoms. The Kier molecular flexibility index (Phi) is 7.91. The summed E-state index contributed by atoms with van der Waals surface area (Å²) in [4.78, 5) is 11.2. The number of esters is 1. The highest BCUT2D eigenvalue weighted by Crippen LogP contribution is 2.01. The van der Waals surface area contributed by atoms with Gasteiger partial charge in [0.15, 0.2) is 0 Å². The van der Waals surface area contributed by atoms with Gasteiger partial charge in [-0.05, 0) is 31.4 Å². The van der Waals surface area contributed by atoms with Gasteiger partial charge in [0.05, 0.1) is 12.5 Å².